The Morgan fingerprint density at radius 3 is 1.45 bits per heavy atom. The van der Waals surface area contributed by atoms with Gasteiger partial charge in [-0.25, -0.2) is 4.57 Å². The quantitative estimate of drug-likeness (QED) is 0.0359. The molecular formula is C40H61O10P. The van der Waals surface area contributed by atoms with E-state index in [2.05, 4.69) is 85.2 Å². The third-order valence-corrected chi connectivity index (χ3v) is 7.42. The zero-order valence-electron chi connectivity index (χ0n) is 30.5. The van der Waals surface area contributed by atoms with Crippen LogP contribution >= 0.6 is 7.82 Å². The highest BCUT2D eigenvalue weighted by molar-refractivity contribution is 7.47. The molecule has 3 N–H and O–H groups in total. The summed E-state index contributed by atoms with van der Waals surface area (Å²) in [6.45, 7) is 1.89. The van der Waals surface area contributed by atoms with Crippen LogP contribution in [0.5, 0.6) is 0 Å². The second-order valence-corrected chi connectivity index (χ2v) is 12.6. The summed E-state index contributed by atoms with van der Waals surface area (Å²) < 4.78 is 32.3. The lowest BCUT2D eigenvalue weighted by Crippen LogP contribution is -2.29. The molecule has 0 amide bonds. The number of hydrogen-bond donors (Lipinski definition) is 3. The lowest BCUT2D eigenvalue weighted by Gasteiger charge is -2.20. The van der Waals surface area contributed by atoms with E-state index < -0.39 is 58.4 Å². The smallest absolute Gasteiger partial charge is 0.462 e. The van der Waals surface area contributed by atoms with Crippen LogP contribution in [-0.4, -0.2) is 65.7 Å². The molecule has 51 heavy (non-hydrogen) atoms. The van der Waals surface area contributed by atoms with Crippen LogP contribution in [0, 0.1) is 0 Å². The molecule has 0 aromatic heterocycles. The van der Waals surface area contributed by atoms with Crippen molar-refractivity contribution in [3.05, 3.63) is 109 Å². The zero-order chi connectivity index (χ0) is 37.7. The molecule has 0 aliphatic heterocycles. The van der Waals surface area contributed by atoms with E-state index in [9.17, 15) is 24.2 Å². The van der Waals surface area contributed by atoms with E-state index in [0.29, 0.717) is 12.8 Å². The van der Waals surface area contributed by atoms with E-state index >= 15 is 0 Å². The normalized spacial score (nSPS) is 15.3. The van der Waals surface area contributed by atoms with Crippen LogP contribution in [-0.2, 0) is 32.7 Å². The van der Waals surface area contributed by atoms with Gasteiger partial charge in [-0.3, -0.25) is 18.6 Å². The summed E-state index contributed by atoms with van der Waals surface area (Å²) in [6, 6.07) is 0. The average molecular weight is 733 g/mol. The maximum Gasteiger partial charge on any atom is 0.472 e. The molecule has 0 radical (unpaired) electrons. The SMILES string of the molecule is CC/C=C\C/C=C\C/C=C\C/C=C\C/C=C\CC(=O)OC(COC(=O)CC/C=C\C/C=C\C/C=C\C/C=C\CC)COP(=O)(O)OCC(O)CO. The van der Waals surface area contributed by atoms with Gasteiger partial charge in [-0.05, 0) is 64.2 Å². The van der Waals surface area contributed by atoms with E-state index in [4.69, 9.17) is 19.1 Å². The van der Waals surface area contributed by atoms with Crippen molar-refractivity contribution in [3.8, 4) is 0 Å². The first-order chi connectivity index (χ1) is 24.7. The van der Waals surface area contributed by atoms with E-state index in [1.54, 1.807) is 6.08 Å². The van der Waals surface area contributed by atoms with Crippen molar-refractivity contribution in [2.45, 2.75) is 103 Å². The molecule has 11 heteroatoms. The maximum atomic E-state index is 12.5. The summed E-state index contributed by atoms with van der Waals surface area (Å²) in [5.41, 5.74) is 0. The van der Waals surface area contributed by atoms with Crippen LogP contribution in [0.1, 0.15) is 90.9 Å². The average Bonchev–Trinajstić information content (AvgIpc) is 3.12. The molecule has 3 atom stereocenters. The van der Waals surface area contributed by atoms with E-state index in [1.807, 2.05) is 36.5 Å². The second kappa shape index (κ2) is 35.1. The minimum Gasteiger partial charge on any atom is -0.462 e. The van der Waals surface area contributed by atoms with Gasteiger partial charge in [0.25, 0.3) is 0 Å². The Labute approximate surface area is 305 Å². The van der Waals surface area contributed by atoms with Crippen molar-refractivity contribution in [2.75, 3.05) is 26.4 Å². The number of hydrogen-bond acceptors (Lipinski definition) is 9. The van der Waals surface area contributed by atoms with Gasteiger partial charge in [-0.15, -0.1) is 0 Å². The fraction of sp³-hybridized carbons (Fsp3) is 0.500. The minimum atomic E-state index is -4.66. The number of allylic oxidation sites excluding steroid dienone is 17. The van der Waals surface area contributed by atoms with Crippen LogP contribution in [0.25, 0.3) is 0 Å². The van der Waals surface area contributed by atoms with Gasteiger partial charge in [0.2, 0.25) is 0 Å². The largest absolute Gasteiger partial charge is 0.472 e. The molecule has 0 rings (SSSR count). The van der Waals surface area contributed by atoms with Crippen molar-refractivity contribution >= 4 is 19.8 Å². The lowest BCUT2D eigenvalue weighted by atomic mass is 10.2. The molecule has 0 spiro atoms. The Morgan fingerprint density at radius 1 is 0.588 bits per heavy atom. The molecule has 10 nitrogen and oxygen atoms in total. The fourth-order valence-electron chi connectivity index (χ4n) is 3.78. The lowest BCUT2D eigenvalue weighted by molar-refractivity contribution is -0.160. The molecule has 0 saturated carbocycles. The minimum absolute atomic E-state index is 0.0697. The Bertz CT molecular complexity index is 1210. The number of esters is 2. The molecule has 0 bridgehead atoms. The summed E-state index contributed by atoms with van der Waals surface area (Å²) in [4.78, 5) is 34.7. The van der Waals surface area contributed by atoms with Gasteiger partial charge >= 0.3 is 19.8 Å². The first kappa shape index (κ1) is 47.6. The first-order valence-corrected chi connectivity index (χ1v) is 19.3. The second-order valence-electron chi connectivity index (χ2n) is 11.1. The molecular weight excluding hydrogens is 671 g/mol. The van der Waals surface area contributed by atoms with Gasteiger partial charge in [0.15, 0.2) is 6.10 Å². The Hall–Kier alpha value is -3.37. The molecule has 0 heterocycles. The first-order valence-electron chi connectivity index (χ1n) is 17.8. The fourth-order valence-corrected chi connectivity index (χ4v) is 4.57. The van der Waals surface area contributed by atoms with Gasteiger partial charge in [-0.1, -0.05) is 123 Å². The van der Waals surface area contributed by atoms with Crippen molar-refractivity contribution in [1.29, 1.82) is 0 Å². The van der Waals surface area contributed by atoms with E-state index in [-0.39, 0.29) is 12.8 Å². The summed E-state index contributed by atoms with van der Waals surface area (Å²) >= 11 is 0. The van der Waals surface area contributed by atoms with Gasteiger partial charge in [0.05, 0.1) is 26.2 Å². The third kappa shape index (κ3) is 34.8. The van der Waals surface area contributed by atoms with Crippen molar-refractivity contribution < 1.29 is 47.8 Å². The molecule has 0 fully saturated rings. The van der Waals surface area contributed by atoms with Gasteiger partial charge in [0.1, 0.15) is 12.7 Å². The Morgan fingerprint density at radius 2 is 1.00 bits per heavy atom. The van der Waals surface area contributed by atoms with Gasteiger partial charge in [0, 0.05) is 6.42 Å². The molecule has 3 unspecified atom stereocenters. The van der Waals surface area contributed by atoms with Crippen LogP contribution < -0.4 is 0 Å². The number of aliphatic hydroxyl groups excluding tert-OH is 2. The van der Waals surface area contributed by atoms with E-state index in [1.165, 1.54) is 0 Å². The third-order valence-electron chi connectivity index (χ3n) is 6.47. The van der Waals surface area contributed by atoms with Crippen molar-refractivity contribution in [2.24, 2.45) is 0 Å². The van der Waals surface area contributed by atoms with Crippen LogP contribution in [0.15, 0.2) is 109 Å². The maximum absolute atomic E-state index is 12.5. The Balaban J connectivity index is 4.69. The number of carbonyl (C=O) groups is 2. The summed E-state index contributed by atoms with van der Waals surface area (Å²) in [5.74, 6) is -1.18. The number of aliphatic hydroxyl groups is 2. The zero-order valence-corrected chi connectivity index (χ0v) is 31.4. The molecule has 0 saturated heterocycles. The molecule has 0 aliphatic rings. The van der Waals surface area contributed by atoms with Crippen molar-refractivity contribution in [3.63, 3.8) is 0 Å². The highest BCUT2D eigenvalue weighted by Crippen LogP contribution is 2.43. The van der Waals surface area contributed by atoms with Crippen LogP contribution in [0.3, 0.4) is 0 Å². The standard InChI is InChI=1S/C40H61O10P/c1-3-5-7-9-11-13-15-17-18-20-22-24-26-28-30-32-40(44)50-38(36-49-51(45,46)48-34-37(42)33-41)35-47-39(43)31-29-27-25-23-21-19-16-14-12-10-8-6-4-2/h5-8,11-14,17-19,21-22,24-25,27-28,30,37-38,41-42H,3-4,9-10,15-16,20,23,26,29,31-36H2,1-2H3,(H,45,46)/b7-5-,8-6-,13-11-,14-12-,18-17-,21-19-,24-22-,27-25-,30-28-. The van der Waals surface area contributed by atoms with Crippen molar-refractivity contribution in [1.82, 2.24) is 0 Å². The molecule has 0 aromatic carbocycles. The molecule has 286 valence electrons. The van der Waals surface area contributed by atoms with Gasteiger partial charge < -0.3 is 24.6 Å². The van der Waals surface area contributed by atoms with Gasteiger partial charge in [-0.2, -0.15) is 0 Å². The van der Waals surface area contributed by atoms with E-state index in [0.717, 1.165) is 51.4 Å². The Kier molecular flexibility index (Phi) is 32.7. The number of phosphoric ester groups is 1. The topological polar surface area (TPSA) is 149 Å². The number of phosphoric acid groups is 1. The number of ether oxygens (including phenoxy) is 2. The monoisotopic (exact) mass is 732 g/mol. The highest BCUT2D eigenvalue weighted by Gasteiger charge is 2.27. The predicted molar refractivity (Wildman–Crippen MR) is 205 cm³/mol. The highest BCUT2D eigenvalue weighted by atomic mass is 31.2. The number of carbonyl (C=O) groups excluding carboxylic acids is 2. The molecule has 0 aliphatic carbocycles. The molecule has 0 aromatic rings. The summed E-state index contributed by atoms with van der Waals surface area (Å²) in [5, 5.41) is 18.2. The van der Waals surface area contributed by atoms with Crippen LogP contribution in [0.4, 0.5) is 0 Å². The predicted octanol–water partition coefficient (Wildman–Crippen LogP) is 8.66. The van der Waals surface area contributed by atoms with Crippen LogP contribution in [0.2, 0.25) is 0 Å². The number of rotatable bonds is 31. The summed E-state index contributed by atoms with van der Waals surface area (Å²) in [6.07, 6.45) is 42.6. The summed E-state index contributed by atoms with van der Waals surface area (Å²) in [7, 11) is -4.66.